The number of carbonyl (C=O) groups is 1. The Morgan fingerprint density at radius 2 is 1.97 bits per heavy atom. The van der Waals surface area contributed by atoms with Gasteiger partial charge in [-0.25, -0.2) is 17.5 Å². The van der Waals surface area contributed by atoms with Gasteiger partial charge < -0.3 is 9.64 Å². The van der Waals surface area contributed by atoms with Gasteiger partial charge in [0.2, 0.25) is 0 Å². The molecule has 2 aliphatic heterocycles. The van der Waals surface area contributed by atoms with Gasteiger partial charge in [0, 0.05) is 30.0 Å². The van der Waals surface area contributed by atoms with Crippen molar-refractivity contribution in [3.63, 3.8) is 0 Å². The van der Waals surface area contributed by atoms with Crippen LogP contribution in [0.4, 0.5) is 13.2 Å². The average molecular weight is 500 g/mol. The van der Waals surface area contributed by atoms with Crippen LogP contribution < -0.4 is 4.72 Å². The smallest absolute Gasteiger partial charge is 0.350 e. The Labute approximate surface area is 203 Å². The third kappa shape index (κ3) is 4.12. The zero-order valence-corrected chi connectivity index (χ0v) is 18.7. The lowest BCUT2D eigenvalue weighted by molar-refractivity contribution is -0.157. The fourth-order valence-corrected chi connectivity index (χ4v) is 5.69. The minimum Gasteiger partial charge on any atom is -0.368 e. The summed E-state index contributed by atoms with van der Waals surface area (Å²) in [5.74, 6) is -5.05. The molecule has 0 bridgehead atoms. The standard InChI is InChI=1S/C24H25F3N2O4S/c25-20-16(7-4-8-17(20)15-5-2-1-3-6-15)13-18-21(28-34(31,32)23(26)27)24(10-11-24)14-29(18)22(30)19-9-12-33-19/h1-8,18-19,21,23,28H,9-14H2/t18-,19+,21+/m0/s1/i1D,2D,3D,5D,6D. The van der Waals surface area contributed by atoms with E-state index in [1.807, 2.05) is 0 Å². The van der Waals surface area contributed by atoms with E-state index in [1.165, 1.54) is 23.1 Å². The number of amides is 1. The SMILES string of the molecule is [2H]c1c([2H])c([2H])c(-c2cccc(C[C@H]3[C@@H](NS(=O)(=O)C(F)F)C4(CC4)CN3C(=O)[C@H]3CCO3)c2F)c([2H])c1[2H]. The molecule has 6 nitrogen and oxygen atoms in total. The normalized spacial score (nSPS) is 27.6. The summed E-state index contributed by atoms with van der Waals surface area (Å²) in [6.45, 7) is 0.466. The van der Waals surface area contributed by atoms with Gasteiger partial charge in [0.15, 0.2) is 0 Å². The molecule has 5 rings (SSSR count). The number of hydrogen-bond donors (Lipinski definition) is 1. The lowest BCUT2D eigenvalue weighted by Crippen LogP contribution is -2.53. The van der Waals surface area contributed by atoms with E-state index >= 15 is 4.39 Å². The predicted octanol–water partition coefficient (Wildman–Crippen LogP) is 3.33. The molecule has 2 heterocycles. The van der Waals surface area contributed by atoms with Crippen molar-refractivity contribution in [2.75, 3.05) is 13.2 Å². The van der Waals surface area contributed by atoms with E-state index in [0.717, 1.165) is 0 Å². The van der Waals surface area contributed by atoms with E-state index in [2.05, 4.69) is 4.72 Å². The number of likely N-dealkylation sites (tertiary alicyclic amines) is 1. The topological polar surface area (TPSA) is 75.7 Å². The maximum Gasteiger partial charge on any atom is 0.350 e. The van der Waals surface area contributed by atoms with Crippen LogP contribution in [0, 0.1) is 11.2 Å². The third-order valence-corrected chi connectivity index (χ3v) is 7.93. The first-order chi connectivity index (χ1) is 18.3. The van der Waals surface area contributed by atoms with Crippen molar-refractivity contribution in [2.45, 2.75) is 49.6 Å². The van der Waals surface area contributed by atoms with E-state index < -0.39 is 81.3 Å². The van der Waals surface area contributed by atoms with Crippen LogP contribution in [0.15, 0.2) is 48.4 Å². The van der Waals surface area contributed by atoms with E-state index in [-0.39, 0.29) is 29.7 Å². The summed E-state index contributed by atoms with van der Waals surface area (Å²) in [4.78, 5) is 14.6. The highest BCUT2D eigenvalue weighted by Crippen LogP contribution is 2.56. The van der Waals surface area contributed by atoms with Crippen LogP contribution >= 0.6 is 0 Å². The second kappa shape index (κ2) is 8.66. The first-order valence-corrected chi connectivity index (χ1v) is 12.4. The summed E-state index contributed by atoms with van der Waals surface area (Å²) in [5.41, 5.74) is -1.42. The van der Waals surface area contributed by atoms with Crippen molar-refractivity contribution in [3.8, 4) is 11.1 Å². The zero-order chi connectivity index (χ0) is 28.4. The minimum atomic E-state index is -5.04. The van der Waals surface area contributed by atoms with Crippen LogP contribution in [0.5, 0.6) is 0 Å². The maximum atomic E-state index is 16.0. The second-order valence-corrected chi connectivity index (χ2v) is 10.6. The molecular weight excluding hydrogens is 469 g/mol. The number of rotatable bonds is 7. The molecule has 1 spiro atoms. The Bertz CT molecular complexity index is 1420. The van der Waals surface area contributed by atoms with Gasteiger partial charge in [0.25, 0.3) is 15.9 Å². The summed E-state index contributed by atoms with van der Waals surface area (Å²) < 4.78 is 114. The predicted molar refractivity (Wildman–Crippen MR) is 119 cm³/mol. The monoisotopic (exact) mass is 499 g/mol. The van der Waals surface area contributed by atoms with E-state index in [9.17, 15) is 22.0 Å². The first-order valence-electron chi connectivity index (χ1n) is 13.3. The number of nitrogens with zero attached hydrogens (tertiary/aromatic N) is 1. The van der Waals surface area contributed by atoms with Crippen molar-refractivity contribution < 1.29 is 38.0 Å². The van der Waals surface area contributed by atoms with Crippen molar-refractivity contribution in [1.29, 1.82) is 0 Å². The highest BCUT2D eigenvalue weighted by Gasteiger charge is 2.62. The van der Waals surface area contributed by atoms with Crippen LogP contribution in [-0.2, 0) is 26.0 Å². The second-order valence-electron chi connectivity index (χ2n) is 8.93. The van der Waals surface area contributed by atoms with Gasteiger partial charge in [0.1, 0.15) is 11.9 Å². The largest absolute Gasteiger partial charge is 0.368 e. The molecular formula is C24H25F3N2O4S. The molecule has 0 aromatic heterocycles. The molecule has 1 saturated carbocycles. The summed E-state index contributed by atoms with van der Waals surface area (Å²) in [5, 5.41) is 0. The molecule has 2 aromatic carbocycles. The van der Waals surface area contributed by atoms with Gasteiger partial charge in [-0.1, -0.05) is 48.4 Å². The molecule has 2 aromatic rings. The Morgan fingerprint density at radius 1 is 1.26 bits per heavy atom. The quantitative estimate of drug-likeness (QED) is 0.634. The van der Waals surface area contributed by atoms with Crippen LogP contribution in [0.25, 0.3) is 11.1 Å². The number of nitrogens with one attached hydrogen (secondary N) is 1. The third-order valence-electron chi connectivity index (χ3n) is 6.88. The van der Waals surface area contributed by atoms with Gasteiger partial charge in [-0.2, -0.15) is 8.78 Å². The van der Waals surface area contributed by atoms with Crippen molar-refractivity contribution >= 4 is 15.9 Å². The molecule has 1 amide bonds. The lowest BCUT2D eigenvalue weighted by Gasteiger charge is -2.34. The minimum absolute atomic E-state index is 0.0319. The molecule has 3 atom stereocenters. The fourth-order valence-electron chi connectivity index (χ4n) is 4.83. The highest BCUT2D eigenvalue weighted by molar-refractivity contribution is 7.89. The molecule has 0 unspecified atom stereocenters. The van der Waals surface area contributed by atoms with Crippen molar-refractivity contribution in [1.82, 2.24) is 9.62 Å². The zero-order valence-electron chi connectivity index (χ0n) is 22.9. The number of halogens is 3. The van der Waals surface area contributed by atoms with Gasteiger partial charge in [-0.3, -0.25) is 4.79 Å². The molecule has 3 aliphatic rings. The van der Waals surface area contributed by atoms with E-state index in [4.69, 9.17) is 11.6 Å². The molecule has 3 fully saturated rings. The fraction of sp³-hybridized carbons (Fsp3) is 0.458. The molecule has 1 N–H and O–H groups in total. The Morgan fingerprint density at radius 3 is 2.56 bits per heavy atom. The van der Waals surface area contributed by atoms with Crippen LogP contribution in [0.2, 0.25) is 0 Å². The molecule has 0 radical (unpaired) electrons. The van der Waals surface area contributed by atoms with Crippen LogP contribution in [0.3, 0.4) is 0 Å². The Kier molecular flexibility index (Phi) is 4.56. The highest BCUT2D eigenvalue weighted by atomic mass is 32.2. The summed E-state index contributed by atoms with van der Waals surface area (Å²) in [7, 11) is -5.04. The van der Waals surface area contributed by atoms with E-state index in [1.54, 1.807) is 0 Å². The Balaban J connectivity index is 1.57. The van der Waals surface area contributed by atoms with Crippen molar-refractivity contribution in [2.24, 2.45) is 5.41 Å². The molecule has 10 heteroatoms. The first kappa shape index (κ1) is 17.9. The number of carbonyl (C=O) groups excluding carboxylic acids is 1. The number of hydrogen-bond acceptors (Lipinski definition) is 4. The van der Waals surface area contributed by atoms with Gasteiger partial charge >= 0.3 is 5.76 Å². The molecule has 1 aliphatic carbocycles. The van der Waals surface area contributed by atoms with Crippen molar-refractivity contribution in [3.05, 3.63) is 59.8 Å². The summed E-state index contributed by atoms with van der Waals surface area (Å²) in [6, 6.07) is -1.20. The summed E-state index contributed by atoms with van der Waals surface area (Å²) in [6.07, 6.45) is 0.396. The lowest BCUT2D eigenvalue weighted by atomic mass is 9.91. The number of alkyl halides is 2. The van der Waals surface area contributed by atoms with Gasteiger partial charge in [-0.05, 0) is 30.4 Å². The Hall–Kier alpha value is -2.43. The van der Waals surface area contributed by atoms with Gasteiger partial charge in [-0.15, -0.1) is 0 Å². The van der Waals surface area contributed by atoms with Crippen LogP contribution in [-0.4, -0.2) is 56.3 Å². The number of benzene rings is 2. The maximum absolute atomic E-state index is 16.0. The van der Waals surface area contributed by atoms with Gasteiger partial charge in [0.05, 0.1) is 19.5 Å². The number of ether oxygens (including phenoxy) is 1. The molecule has 2 saturated heterocycles. The van der Waals surface area contributed by atoms with E-state index in [0.29, 0.717) is 25.9 Å². The average Bonchev–Trinajstić information content (AvgIpc) is 3.57. The molecule has 182 valence electrons. The van der Waals surface area contributed by atoms with Crippen LogP contribution in [0.1, 0.15) is 31.7 Å². The molecule has 34 heavy (non-hydrogen) atoms. The number of sulfonamides is 1. The summed E-state index contributed by atoms with van der Waals surface area (Å²) >= 11 is 0.